The Kier molecular flexibility index (Phi) is 6.00. The van der Waals surface area contributed by atoms with Gasteiger partial charge in [-0.05, 0) is 42.6 Å². The van der Waals surface area contributed by atoms with E-state index in [1.165, 1.54) is 44.3 Å². The molecule has 0 saturated heterocycles. The third-order valence-corrected chi connectivity index (χ3v) is 4.18. The van der Waals surface area contributed by atoms with E-state index in [1.54, 1.807) is 0 Å². The normalized spacial score (nSPS) is 27.4. The van der Waals surface area contributed by atoms with E-state index in [2.05, 4.69) is 20.1 Å². The molecule has 0 heterocycles. The Bertz CT molecular complexity index is 142. The Labute approximate surface area is 94.2 Å². The molecular formula is C13H26S. The first-order chi connectivity index (χ1) is 6.72. The zero-order valence-electron chi connectivity index (χ0n) is 10.1. The van der Waals surface area contributed by atoms with Crippen LogP contribution in [0.4, 0.5) is 0 Å². The molecular weight excluding hydrogens is 188 g/mol. The summed E-state index contributed by atoms with van der Waals surface area (Å²) in [5, 5.41) is 0. The van der Waals surface area contributed by atoms with Gasteiger partial charge in [0.1, 0.15) is 0 Å². The lowest BCUT2D eigenvalue weighted by atomic mass is 9.95. The van der Waals surface area contributed by atoms with Crippen molar-refractivity contribution in [2.45, 2.75) is 52.4 Å². The maximum atomic E-state index is 2.35. The zero-order chi connectivity index (χ0) is 10.4. The standard InChI is InChI=1S/C13H26S/c1-11(2)4-5-12-6-7-13(10-12)8-9-14-3/h11-13H,4-10H2,1-3H3. The topological polar surface area (TPSA) is 0 Å². The molecule has 0 spiro atoms. The largest absolute Gasteiger partial charge is 0.165 e. The predicted octanol–water partition coefficient (Wildman–Crippen LogP) is 4.59. The quantitative estimate of drug-likeness (QED) is 0.623. The first-order valence-corrected chi connectivity index (χ1v) is 7.60. The maximum Gasteiger partial charge on any atom is -0.00677 e. The Morgan fingerprint density at radius 3 is 2.36 bits per heavy atom. The van der Waals surface area contributed by atoms with Gasteiger partial charge in [0.05, 0.1) is 0 Å². The van der Waals surface area contributed by atoms with Crippen LogP contribution in [0.3, 0.4) is 0 Å². The van der Waals surface area contributed by atoms with Crippen LogP contribution in [0.1, 0.15) is 52.4 Å². The molecule has 0 radical (unpaired) electrons. The fourth-order valence-corrected chi connectivity index (χ4v) is 3.13. The van der Waals surface area contributed by atoms with Crippen molar-refractivity contribution in [1.82, 2.24) is 0 Å². The molecule has 1 saturated carbocycles. The van der Waals surface area contributed by atoms with Gasteiger partial charge in [-0.3, -0.25) is 0 Å². The Morgan fingerprint density at radius 2 is 1.79 bits per heavy atom. The van der Waals surface area contributed by atoms with E-state index in [4.69, 9.17) is 0 Å². The molecule has 1 aliphatic rings. The molecule has 1 fully saturated rings. The van der Waals surface area contributed by atoms with Crippen LogP contribution in [0.5, 0.6) is 0 Å². The summed E-state index contributed by atoms with van der Waals surface area (Å²) in [7, 11) is 0. The molecule has 0 amide bonds. The zero-order valence-corrected chi connectivity index (χ0v) is 10.9. The minimum Gasteiger partial charge on any atom is -0.165 e. The summed E-state index contributed by atoms with van der Waals surface area (Å²) in [6.45, 7) is 4.69. The lowest BCUT2D eigenvalue weighted by molar-refractivity contribution is 0.413. The van der Waals surface area contributed by atoms with Crippen molar-refractivity contribution < 1.29 is 0 Å². The van der Waals surface area contributed by atoms with Crippen LogP contribution < -0.4 is 0 Å². The van der Waals surface area contributed by atoms with Crippen molar-refractivity contribution in [2.24, 2.45) is 17.8 Å². The van der Waals surface area contributed by atoms with E-state index in [0.29, 0.717) is 0 Å². The molecule has 2 unspecified atom stereocenters. The molecule has 0 aromatic rings. The summed E-state index contributed by atoms with van der Waals surface area (Å²) >= 11 is 2.01. The summed E-state index contributed by atoms with van der Waals surface area (Å²) < 4.78 is 0. The summed E-state index contributed by atoms with van der Waals surface area (Å²) in [6.07, 6.45) is 11.2. The van der Waals surface area contributed by atoms with Gasteiger partial charge in [-0.25, -0.2) is 0 Å². The predicted molar refractivity (Wildman–Crippen MR) is 67.9 cm³/mol. The number of thioether (sulfide) groups is 1. The van der Waals surface area contributed by atoms with Gasteiger partial charge in [-0.1, -0.05) is 39.5 Å². The minimum atomic E-state index is 0.903. The number of hydrogen-bond acceptors (Lipinski definition) is 1. The van der Waals surface area contributed by atoms with Crippen LogP contribution >= 0.6 is 11.8 Å². The van der Waals surface area contributed by atoms with Crippen LogP contribution in [0, 0.1) is 17.8 Å². The van der Waals surface area contributed by atoms with Crippen molar-refractivity contribution in [3.63, 3.8) is 0 Å². The molecule has 1 aliphatic carbocycles. The van der Waals surface area contributed by atoms with E-state index >= 15 is 0 Å². The number of hydrogen-bond donors (Lipinski definition) is 0. The summed E-state index contributed by atoms with van der Waals surface area (Å²) in [5.74, 6) is 4.42. The Balaban J connectivity index is 2.08. The minimum absolute atomic E-state index is 0.903. The van der Waals surface area contributed by atoms with Crippen molar-refractivity contribution >= 4 is 11.8 Å². The van der Waals surface area contributed by atoms with Gasteiger partial charge >= 0.3 is 0 Å². The molecule has 14 heavy (non-hydrogen) atoms. The average Bonchev–Trinajstić information content (AvgIpc) is 2.59. The lowest BCUT2D eigenvalue weighted by Gasteiger charge is -2.12. The first-order valence-electron chi connectivity index (χ1n) is 6.21. The van der Waals surface area contributed by atoms with Crippen LogP contribution in [0.15, 0.2) is 0 Å². The summed E-state index contributed by atoms with van der Waals surface area (Å²) in [5.41, 5.74) is 0. The summed E-state index contributed by atoms with van der Waals surface area (Å²) in [4.78, 5) is 0. The van der Waals surface area contributed by atoms with Crippen molar-refractivity contribution in [2.75, 3.05) is 12.0 Å². The van der Waals surface area contributed by atoms with E-state index in [1.807, 2.05) is 11.8 Å². The molecule has 0 aromatic carbocycles. The van der Waals surface area contributed by atoms with Crippen molar-refractivity contribution in [3.05, 3.63) is 0 Å². The third kappa shape index (κ3) is 4.72. The smallest absolute Gasteiger partial charge is 0.00677 e. The van der Waals surface area contributed by atoms with Gasteiger partial charge in [0.25, 0.3) is 0 Å². The Morgan fingerprint density at radius 1 is 1.14 bits per heavy atom. The molecule has 1 heteroatoms. The lowest BCUT2D eigenvalue weighted by Crippen LogP contribution is -2.00. The molecule has 0 aromatic heterocycles. The van der Waals surface area contributed by atoms with E-state index in [-0.39, 0.29) is 0 Å². The fourth-order valence-electron chi connectivity index (χ4n) is 2.56. The van der Waals surface area contributed by atoms with Crippen LogP contribution in [0.25, 0.3) is 0 Å². The van der Waals surface area contributed by atoms with Gasteiger partial charge in [0.15, 0.2) is 0 Å². The van der Waals surface area contributed by atoms with Gasteiger partial charge in [-0.2, -0.15) is 11.8 Å². The van der Waals surface area contributed by atoms with Crippen molar-refractivity contribution in [1.29, 1.82) is 0 Å². The second kappa shape index (κ2) is 6.76. The Hall–Kier alpha value is 0.350. The highest BCUT2D eigenvalue weighted by molar-refractivity contribution is 7.98. The summed E-state index contributed by atoms with van der Waals surface area (Å²) in [6, 6.07) is 0. The first kappa shape index (κ1) is 12.4. The second-order valence-corrected chi connectivity index (χ2v) is 6.28. The molecule has 0 bridgehead atoms. The van der Waals surface area contributed by atoms with Crippen LogP contribution in [-0.2, 0) is 0 Å². The average molecular weight is 214 g/mol. The maximum absolute atomic E-state index is 2.35. The SMILES string of the molecule is CSCCC1CCC(CCC(C)C)C1. The molecule has 0 nitrogen and oxygen atoms in total. The number of rotatable bonds is 6. The van der Waals surface area contributed by atoms with E-state index in [0.717, 1.165) is 17.8 Å². The highest BCUT2D eigenvalue weighted by Gasteiger charge is 2.23. The van der Waals surface area contributed by atoms with Gasteiger partial charge < -0.3 is 0 Å². The van der Waals surface area contributed by atoms with Crippen LogP contribution in [-0.4, -0.2) is 12.0 Å². The van der Waals surface area contributed by atoms with Crippen molar-refractivity contribution in [3.8, 4) is 0 Å². The second-order valence-electron chi connectivity index (χ2n) is 5.30. The monoisotopic (exact) mass is 214 g/mol. The van der Waals surface area contributed by atoms with E-state index in [9.17, 15) is 0 Å². The molecule has 2 atom stereocenters. The molecule has 1 rings (SSSR count). The molecule has 0 N–H and O–H groups in total. The molecule has 84 valence electrons. The molecule has 0 aliphatic heterocycles. The van der Waals surface area contributed by atoms with E-state index < -0.39 is 0 Å². The van der Waals surface area contributed by atoms with Crippen LogP contribution in [0.2, 0.25) is 0 Å². The van der Waals surface area contributed by atoms with Gasteiger partial charge in [0.2, 0.25) is 0 Å². The fraction of sp³-hybridized carbons (Fsp3) is 1.00. The van der Waals surface area contributed by atoms with Gasteiger partial charge in [-0.15, -0.1) is 0 Å². The van der Waals surface area contributed by atoms with Gasteiger partial charge in [0, 0.05) is 0 Å². The third-order valence-electron chi connectivity index (χ3n) is 3.53. The highest BCUT2D eigenvalue weighted by Crippen LogP contribution is 2.36. The highest BCUT2D eigenvalue weighted by atomic mass is 32.2.